The van der Waals surface area contributed by atoms with Gasteiger partial charge in [-0.25, -0.2) is 9.68 Å². The molecule has 0 aromatic rings. The molecule has 0 spiro atoms. The molecule has 1 aliphatic heterocycles. The Balaban J connectivity index is 1.89. The van der Waals surface area contributed by atoms with Crippen molar-refractivity contribution in [2.45, 2.75) is 104 Å². The molecule has 0 radical (unpaired) electrons. The maximum atomic E-state index is 14.3. The number of methoxy groups -OCH3 is 1. The van der Waals surface area contributed by atoms with Crippen molar-refractivity contribution in [2.24, 2.45) is 40.4 Å². The maximum Gasteiger partial charge on any atom is 0.407 e. The van der Waals surface area contributed by atoms with Crippen molar-refractivity contribution in [2.75, 3.05) is 13.7 Å². The predicted octanol–water partition coefficient (Wildman–Crippen LogP) is 2.69. The average molecular weight is 554 g/mol. The van der Waals surface area contributed by atoms with Gasteiger partial charge in [0.2, 0.25) is 0 Å². The second-order valence-corrected chi connectivity index (χ2v) is 13.6. The third kappa shape index (κ3) is 3.96. The number of fused-ring (bicyclic) bond motifs is 5. The topological polar surface area (TPSA) is 155 Å². The standard InChI is InChI=1S/C29H47NO9/c1-13-10-19-28(34,12-38-19)23-16(4)29(35)11-18(22(39-36)14(2)17(5)30-25(33)37-9)15(3)20(26(29,6)7)21(31)24(32)27(13,23)8/h13-14,16-19,21-23,31,34-36H,10-12H2,1-9H3,(H,30,33)/t13-,14?,16?,17?,18?,19?,21?,22-,23?,27+,28?,29?/m0/s1. The van der Waals surface area contributed by atoms with Crippen LogP contribution in [-0.2, 0) is 19.2 Å². The van der Waals surface area contributed by atoms with Crippen molar-refractivity contribution in [3.05, 3.63) is 11.1 Å². The number of nitrogens with one attached hydrogen (secondary N) is 1. The molecule has 39 heavy (non-hydrogen) atoms. The fourth-order valence-electron chi connectivity index (χ4n) is 8.92. The van der Waals surface area contributed by atoms with Crippen molar-refractivity contribution in [3.63, 3.8) is 0 Å². The molecule has 3 fully saturated rings. The van der Waals surface area contributed by atoms with Gasteiger partial charge in [0.05, 0.1) is 25.4 Å². The van der Waals surface area contributed by atoms with Crippen molar-refractivity contribution in [1.82, 2.24) is 5.32 Å². The van der Waals surface area contributed by atoms with E-state index in [2.05, 4.69) is 5.32 Å². The van der Waals surface area contributed by atoms with Crippen LogP contribution in [0.5, 0.6) is 0 Å². The van der Waals surface area contributed by atoms with Crippen molar-refractivity contribution in [3.8, 4) is 0 Å². The lowest BCUT2D eigenvalue weighted by molar-refractivity contribution is -0.332. The van der Waals surface area contributed by atoms with Gasteiger partial charge in [0.1, 0.15) is 17.8 Å². The second-order valence-electron chi connectivity index (χ2n) is 13.6. The molecule has 2 bridgehead atoms. The minimum atomic E-state index is -1.52. The quantitative estimate of drug-likeness (QED) is 0.196. The van der Waals surface area contributed by atoms with E-state index in [0.29, 0.717) is 17.6 Å². The Morgan fingerprint density at radius 2 is 1.79 bits per heavy atom. The van der Waals surface area contributed by atoms with Gasteiger partial charge in [-0.1, -0.05) is 47.1 Å². The molecule has 5 N–H and O–H groups in total. The third-order valence-corrected chi connectivity index (χ3v) is 11.8. The molecule has 12 atom stereocenters. The van der Waals surface area contributed by atoms with Crippen molar-refractivity contribution in [1.29, 1.82) is 0 Å². The van der Waals surface area contributed by atoms with Crippen LogP contribution in [0.4, 0.5) is 4.79 Å². The Morgan fingerprint density at radius 1 is 1.18 bits per heavy atom. The number of Topliss-reactive ketones (excluding diaryl/α,β-unsaturated/α-hetero) is 1. The lowest BCUT2D eigenvalue weighted by Gasteiger charge is -2.68. The molecule has 1 heterocycles. The molecule has 3 aliphatic carbocycles. The summed E-state index contributed by atoms with van der Waals surface area (Å²) in [4.78, 5) is 31.3. The number of hydrogen-bond acceptors (Lipinski definition) is 9. The highest BCUT2D eigenvalue weighted by Crippen LogP contribution is 2.66. The van der Waals surface area contributed by atoms with Gasteiger partial charge in [-0.2, -0.15) is 0 Å². The largest absolute Gasteiger partial charge is 0.453 e. The van der Waals surface area contributed by atoms with Gasteiger partial charge in [-0.05, 0) is 44.1 Å². The Labute approximate surface area is 231 Å². The Bertz CT molecular complexity index is 1040. The Morgan fingerprint density at radius 3 is 2.31 bits per heavy atom. The minimum Gasteiger partial charge on any atom is -0.453 e. The van der Waals surface area contributed by atoms with Crippen LogP contribution in [0.15, 0.2) is 11.1 Å². The van der Waals surface area contributed by atoms with Crippen LogP contribution >= 0.6 is 0 Å². The molecule has 2 saturated carbocycles. The smallest absolute Gasteiger partial charge is 0.407 e. The van der Waals surface area contributed by atoms with E-state index in [4.69, 9.17) is 14.4 Å². The third-order valence-electron chi connectivity index (χ3n) is 11.8. The predicted molar refractivity (Wildman–Crippen MR) is 141 cm³/mol. The fraction of sp³-hybridized carbons (Fsp3) is 0.862. The van der Waals surface area contributed by atoms with Gasteiger partial charge in [0, 0.05) is 34.6 Å². The monoisotopic (exact) mass is 553 g/mol. The zero-order chi connectivity index (χ0) is 29.5. The van der Waals surface area contributed by atoms with Crippen LogP contribution < -0.4 is 5.32 Å². The molecule has 4 rings (SSSR count). The first-order chi connectivity index (χ1) is 17.9. The lowest BCUT2D eigenvalue weighted by atomic mass is 9.41. The Kier molecular flexibility index (Phi) is 7.62. The van der Waals surface area contributed by atoms with Gasteiger partial charge in [0.25, 0.3) is 0 Å². The van der Waals surface area contributed by atoms with Gasteiger partial charge in [0.15, 0.2) is 5.78 Å². The summed E-state index contributed by atoms with van der Waals surface area (Å²) in [5.41, 5.74) is -3.86. The number of hydrogen-bond donors (Lipinski definition) is 5. The van der Waals surface area contributed by atoms with Crippen LogP contribution in [0, 0.1) is 40.4 Å². The van der Waals surface area contributed by atoms with E-state index in [0.717, 1.165) is 0 Å². The molecule has 10 heteroatoms. The van der Waals surface area contributed by atoms with Gasteiger partial charge >= 0.3 is 6.09 Å². The van der Waals surface area contributed by atoms with Crippen molar-refractivity contribution < 1.29 is 44.5 Å². The van der Waals surface area contributed by atoms with E-state index >= 15 is 0 Å². The zero-order valence-electron chi connectivity index (χ0n) is 24.6. The highest BCUT2D eigenvalue weighted by atomic mass is 17.1. The maximum absolute atomic E-state index is 14.3. The van der Waals surface area contributed by atoms with Crippen molar-refractivity contribution >= 4 is 11.9 Å². The Hall–Kier alpha value is -1.56. The van der Waals surface area contributed by atoms with E-state index in [-0.39, 0.29) is 24.7 Å². The van der Waals surface area contributed by atoms with Crippen LogP contribution in [0.1, 0.15) is 68.2 Å². The summed E-state index contributed by atoms with van der Waals surface area (Å²) in [6.07, 6.45) is -2.83. The highest BCUT2D eigenvalue weighted by Gasteiger charge is 2.73. The number of rotatable bonds is 5. The number of alkyl carbamates (subject to hydrolysis) is 1. The van der Waals surface area contributed by atoms with Crippen LogP contribution in [0.2, 0.25) is 0 Å². The molecule has 1 saturated heterocycles. The molecule has 10 nitrogen and oxygen atoms in total. The first kappa shape index (κ1) is 30.4. The zero-order valence-corrected chi connectivity index (χ0v) is 24.6. The lowest BCUT2D eigenvalue weighted by Crippen LogP contribution is -2.77. The number of amides is 1. The summed E-state index contributed by atoms with van der Waals surface area (Å²) < 4.78 is 10.5. The molecule has 4 aliphatic rings. The number of aliphatic hydroxyl groups excluding tert-OH is 1. The number of ether oxygens (including phenoxy) is 2. The summed E-state index contributed by atoms with van der Waals surface area (Å²) in [7, 11) is 1.26. The fourth-order valence-corrected chi connectivity index (χ4v) is 8.92. The molecule has 9 unspecified atom stereocenters. The summed E-state index contributed by atoms with van der Waals surface area (Å²) >= 11 is 0. The number of carbonyl (C=O) groups excluding carboxylic acids is 2. The second kappa shape index (κ2) is 9.77. The number of ketones is 1. The average Bonchev–Trinajstić information content (AvgIpc) is 2.87. The summed E-state index contributed by atoms with van der Waals surface area (Å²) in [5, 5.41) is 49.4. The molecular formula is C29H47NO9. The first-order valence-corrected chi connectivity index (χ1v) is 14.1. The van der Waals surface area contributed by atoms with Crippen LogP contribution in [0.25, 0.3) is 0 Å². The van der Waals surface area contributed by atoms with Gasteiger partial charge < -0.3 is 30.1 Å². The van der Waals surface area contributed by atoms with E-state index < -0.39 is 76.2 Å². The van der Waals surface area contributed by atoms with E-state index in [1.807, 2.05) is 48.5 Å². The summed E-state index contributed by atoms with van der Waals surface area (Å²) in [6.45, 7) is 14.8. The normalized spacial score (nSPS) is 45.5. The molecule has 0 aromatic carbocycles. The highest BCUT2D eigenvalue weighted by molar-refractivity contribution is 5.93. The van der Waals surface area contributed by atoms with E-state index in [1.165, 1.54) is 7.11 Å². The van der Waals surface area contributed by atoms with Crippen LogP contribution in [-0.4, -0.2) is 81.7 Å². The minimum absolute atomic E-state index is 0.0656. The molecule has 0 aromatic heterocycles. The molecular weight excluding hydrogens is 506 g/mol. The molecule has 1 amide bonds. The SMILES string of the molecule is COC(=O)NC(C)C(C)[C@H](OO)C1CC2(O)C(C)C3C4(O)COC4C[C@H](C)[C@@]3(C)C(=O)C(O)C(=C1C)C2(C)C. The van der Waals surface area contributed by atoms with Crippen LogP contribution in [0.3, 0.4) is 0 Å². The van der Waals surface area contributed by atoms with Gasteiger partial charge in [-0.15, -0.1) is 0 Å². The van der Waals surface area contributed by atoms with Gasteiger partial charge in [-0.3, -0.25) is 10.1 Å². The number of carbonyl (C=O) groups is 2. The number of aliphatic hydroxyl groups is 3. The van der Waals surface area contributed by atoms with E-state index in [9.17, 15) is 30.2 Å². The van der Waals surface area contributed by atoms with E-state index in [1.54, 1.807) is 6.92 Å². The summed E-state index contributed by atoms with van der Waals surface area (Å²) in [6, 6.07) is -0.471. The molecule has 222 valence electrons. The summed E-state index contributed by atoms with van der Waals surface area (Å²) in [5.74, 6) is -2.87. The first-order valence-electron chi connectivity index (χ1n) is 14.1.